The third-order valence-corrected chi connectivity index (χ3v) is 6.47. The summed E-state index contributed by atoms with van der Waals surface area (Å²) in [4.78, 5) is 12.5. The first-order valence-corrected chi connectivity index (χ1v) is 10.4. The SMILES string of the molecule is COc1ccccc1CCNC(=O)c1cnn(C2CCS(=O)(=O)C2)c1C. The Balaban J connectivity index is 1.62. The maximum Gasteiger partial charge on any atom is 0.254 e. The maximum atomic E-state index is 12.5. The highest BCUT2D eigenvalue weighted by Gasteiger charge is 2.31. The van der Waals surface area contributed by atoms with Gasteiger partial charge in [-0.3, -0.25) is 9.48 Å². The van der Waals surface area contributed by atoms with E-state index in [1.165, 1.54) is 6.20 Å². The number of ether oxygens (including phenoxy) is 1. The van der Waals surface area contributed by atoms with Gasteiger partial charge in [-0.25, -0.2) is 8.42 Å². The topological polar surface area (TPSA) is 90.3 Å². The van der Waals surface area contributed by atoms with Crippen LogP contribution in [0.1, 0.15) is 34.1 Å². The average molecular weight is 377 g/mol. The first-order chi connectivity index (χ1) is 12.4. The summed E-state index contributed by atoms with van der Waals surface area (Å²) in [5.41, 5.74) is 2.20. The summed E-state index contributed by atoms with van der Waals surface area (Å²) in [5.74, 6) is 0.861. The second-order valence-electron chi connectivity index (χ2n) is 6.46. The highest BCUT2D eigenvalue weighted by Crippen LogP contribution is 2.25. The third-order valence-electron chi connectivity index (χ3n) is 4.72. The molecule has 0 radical (unpaired) electrons. The van der Waals surface area contributed by atoms with Crippen LogP contribution in [0.2, 0.25) is 0 Å². The molecule has 0 saturated carbocycles. The molecular formula is C18H23N3O4S. The first kappa shape index (κ1) is 18.4. The van der Waals surface area contributed by atoms with Gasteiger partial charge in [-0.05, 0) is 31.4 Å². The lowest BCUT2D eigenvalue weighted by Gasteiger charge is -2.12. The Morgan fingerprint density at radius 1 is 1.38 bits per heavy atom. The summed E-state index contributed by atoms with van der Waals surface area (Å²) in [5, 5.41) is 7.14. The fourth-order valence-electron chi connectivity index (χ4n) is 3.30. The van der Waals surface area contributed by atoms with Crippen LogP contribution in [0, 0.1) is 6.92 Å². The number of nitrogens with one attached hydrogen (secondary N) is 1. The summed E-state index contributed by atoms with van der Waals surface area (Å²) in [7, 11) is -1.37. The molecule has 140 valence electrons. The monoisotopic (exact) mass is 377 g/mol. The average Bonchev–Trinajstić information content (AvgIpc) is 3.17. The minimum Gasteiger partial charge on any atom is -0.496 e. The van der Waals surface area contributed by atoms with Gasteiger partial charge in [-0.1, -0.05) is 18.2 Å². The zero-order chi connectivity index (χ0) is 18.7. The van der Waals surface area contributed by atoms with Gasteiger partial charge in [-0.2, -0.15) is 5.10 Å². The van der Waals surface area contributed by atoms with Crippen molar-refractivity contribution in [2.45, 2.75) is 25.8 Å². The number of aromatic nitrogens is 2. The van der Waals surface area contributed by atoms with Crippen LogP contribution in [0.15, 0.2) is 30.5 Å². The Morgan fingerprint density at radius 3 is 2.85 bits per heavy atom. The maximum absolute atomic E-state index is 12.5. The standard InChI is InChI=1S/C18H23N3O4S/c1-13-16(11-20-21(13)15-8-10-26(23,24)12-15)18(22)19-9-7-14-5-3-4-6-17(14)25-2/h3-6,11,15H,7-10,12H2,1-2H3,(H,19,22). The second-order valence-corrected chi connectivity index (χ2v) is 8.69. The van der Waals surface area contributed by atoms with Crippen molar-refractivity contribution in [2.24, 2.45) is 0 Å². The van der Waals surface area contributed by atoms with Gasteiger partial charge in [0.05, 0.1) is 36.4 Å². The molecule has 0 bridgehead atoms. The van der Waals surface area contributed by atoms with Crippen LogP contribution in [0.3, 0.4) is 0 Å². The number of hydrogen-bond acceptors (Lipinski definition) is 5. The molecule has 26 heavy (non-hydrogen) atoms. The van der Waals surface area contributed by atoms with Crippen molar-refractivity contribution in [3.8, 4) is 5.75 Å². The van der Waals surface area contributed by atoms with E-state index < -0.39 is 9.84 Å². The lowest BCUT2D eigenvalue weighted by atomic mass is 10.1. The number of hydrogen-bond donors (Lipinski definition) is 1. The van der Waals surface area contributed by atoms with E-state index in [0.29, 0.717) is 30.6 Å². The normalized spacial score (nSPS) is 18.6. The number of nitrogens with zero attached hydrogens (tertiary/aromatic N) is 2. The number of para-hydroxylation sites is 1. The molecule has 1 saturated heterocycles. The number of sulfone groups is 1. The molecule has 0 spiro atoms. The summed E-state index contributed by atoms with van der Waals surface area (Å²) < 4.78 is 30.3. The van der Waals surface area contributed by atoms with Gasteiger partial charge < -0.3 is 10.1 Å². The third kappa shape index (κ3) is 3.90. The molecule has 1 aliphatic heterocycles. The number of benzene rings is 1. The van der Waals surface area contributed by atoms with Crippen molar-refractivity contribution in [3.63, 3.8) is 0 Å². The number of rotatable bonds is 6. The molecular weight excluding hydrogens is 354 g/mol. The smallest absolute Gasteiger partial charge is 0.254 e. The van der Waals surface area contributed by atoms with Crippen LogP contribution in [0.4, 0.5) is 0 Å². The molecule has 1 unspecified atom stereocenters. The quantitative estimate of drug-likeness (QED) is 0.825. The molecule has 1 fully saturated rings. The van der Waals surface area contributed by atoms with Crippen LogP contribution in [-0.4, -0.2) is 49.3 Å². The Morgan fingerprint density at radius 2 is 2.15 bits per heavy atom. The molecule has 2 aromatic rings. The zero-order valence-corrected chi connectivity index (χ0v) is 15.8. The van der Waals surface area contributed by atoms with Gasteiger partial charge in [-0.15, -0.1) is 0 Å². The summed E-state index contributed by atoms with van der Waals surface area (Å²) in [6.45, 7) is 2.27. The highest BCUT2D eigenvalue weighted by molar-refractivity contribution is 7.91. The van der Waals surface area contributed by atoms with E-state index >= 15 is 0 Å². The molecule has 1 atom stereocenters. The number of amides is 1. The molecule has 1 aromatic heterocycles. The van der Waals surface area contributed by atoms with Gasteiger partial charge in [0, 0.05) is 12.2 Å². The number of methoxy groups -OCH3 is 1. The predicted molar refractivity (Wildman–Crippen MR) is 98.3 cm³/mol. The van der Waals surface area contributed by atoms with E-state index in [2.05, 4.69) is 10.4 Å². The van der Waals surface area contributed by atoms with E-state index in [1.54, 1.807) is 18.7 Å². The van der Waals surface area contributed by atoms with Crippen molar-refractivity contribution in [1.82, 2.24) is 15.1 Å². The van der Waals surface area contributed by atoms with Crippen molar-refractivity contribution in [1.29, 1.82) is 0 Å². The van der Waals surface area contributed by atoms with E-state index in [1.807, 2.05) is 24.3 Å². The molecule has 7 nitrogen and oxygen atoms in total. The van der Waals surface area contributed by atoms with Crippen LogP contribution < -0.4 is 10.1 Å². The Kier molecular flexibility index (Phi) is 5.31. The predicted octanol–water partition coefficient (Wildman–Crippen LogP) is 1.53. The van der Waals surface area contributed by atoms with Crippen LogP contribution in [0.25, 0.3) is 0 Å². The van der Waals surface area contributed by atoms with Gasteiger partial charge in [0.2, 0.25) is 0 Å². The van der Waals surface area contributed by atoms with Crippen molar-refractivity contribution >= 4 is 15.7 Å². The van der Waals surface area contributed by atoms with Gasteiger partial charge in [0.1, 0.15) is 5.75 Å². The Labute approximate surface area is 153 Å². The van der Waals surface area contributed by atoms with Gasteiger partial charge in [0.25, 0.3) is 5.91 Å². The van der Waals surface area contributed by atoms with Crippen LogP contribution in [-0.2, 0) is 16.3 Å². The zero-order valence-electron chi connectivity index (χ0n) is 14.9. The summed E-state index contributed by atoms with van der Waals surface area (Å²) in [6.07, 6.45) is 2.71. The van der Waals surface area contributed by atoms with E-state index in [9.17, 15) is 13.2 Å². The molecule has 1 aromatic carbocycles. The molecule has 8 heteroatoms. The summed E-state index contributed by atoms with van der Waals surface area (Å²) in [6, 6.07) is 7.51. The minimum atomic E-state index is -3.00. The van der Waals surface area contributed by atoms with Crippen molar-refractivity contribution in [3.05, 3.63) is 47.3 Å². The van der Waals surface area contributed by atoms with Crippen LogP contribution >= 0.6 is 0 Å². The Bertz CT molecular complexity index is 905. The minimum absolute atomic E-state index is 0.0877. The number of carbonyl (C=O) groups excluding carboxylic acids is 1. The Hall–Kier alpha value is -2.35. The van der Waals surface area contributed by atoms with Gasteiger partial charge in [0.15, 0.2) is 9.84 Å². The van der Waals surface area contributed by atoms with Crippen molar-refractivity contribution in [2.75, 3.05) is 25.2 Å². The molecule has 1 amide bonds. The van der Waals surface area contributed by atoms with Crippen molar-refractivity contribution < 1.29 is 17.9 Å². The fraction of sp³-hybridized carbons (Fsp3) is 0.444. The first-order valence-electron chi connectivity index (χ1n) is 8.56. The molecule has 1 aliphatic rings. The van der Waals surface area contributed by atoms with E-state index in [4.69, 9.17) is 4.74 Å². The van der Waals surface area contributed by atoms with E-state index in [-0.39, 0.29) is 23.5 Å². The number of carbonyl (C=O) groups is 1. The lowest BCUT2D eigenvalue weighted by Crippen LogP contribution is -2.26. The fourth-order valence-corrected chi connectivity index (χ4v) is 4.99. The highest BCUT2D eigenvalue weighted by atomic mass is 32.2. The molecule has 0 aliphatic carbocycles. The summed E-state index contributed by atoms with van der Waals surface area (Å²) >= 11 is 0. The molecule has 1 N–H and O–H groups in total. The second kappa shape index (κ2) is 7.49. The molecule has 3 rings (SSSR count). The lowest BCUT2D eigenvalue weighted by molar-refractivity contribution is 0.0953. The van der Waals surface area contributed by atoms with E-state index in [0.717, 1.165) is 11.3 Å². The van der Waals surface area contributed by atoms with Crippen LogP contribution in [0.5, 0.6) is 5.75 Å². The van der Waals surface area contributed by atoms with Gasteiger partial charge >= 0.3 is 0 Å². The largest absolute Gasteiger partial charge is 0.496 e. The molecule has 2 heterocycles.